The summed E-state index contributed by atoms with van der Waals surface area (Å²) in [7, 11) is 0. The number of hydrogen-bond acceptors (Lipinski definition) is 3. The van der Waals surface area contributed by atoms with Gasteiger partial charge in [-0.3, -0.25) is 9.89 Å². The highest BCUT2D eigenvalue weighted by molar-refractivity contribution is 5.89. The second kappa shape index (κ2) is 4.76. The van der Waals surface area contributed by atoms with Gasteiger partial charge in [-0.2, -0.15) is 5.10 Å². The van der Waals surface area contributed by atoms with Crippen LogP contribution < -0.4 is 11.1 Å². The van der Waals surface area contributed by atoms with E-state index in [2.05, 4.69) is 15.5 Å². The number of rotatable bonds is 4. The number of amides is 1. The number of carbonyl (C=O) groups excluding carboxylic acids is 1. The summed E-state index contributed by atoms with van der Waals surface area (Å²) in [5, 5.41) is 9.33. The van der Waals surface area contributed by atoms with Gasteiger partial charge in [0, 0.05) is 24.2 Å². The highest BCUT2D eigenvalue weighted by Crippen LogP contribution is 2.05. The van der Waals surface area contributed by atoms with E-state index in [0.29, 0.717) is 18.7 Å². The standard InChI is InChI=1S/C9H16N4O/c1-6(10)3-4-9(14)11-8-5-7(2)12-13-8/h5-6H,3-4,10H2,1-2H3,(H2,11,12,13,14). The van der Waals surface area contributed by atoms with Crippen LogP contribution >= 0.6 is 0 Å². The molecule has 1 heterocycles. The summed E-state index contributed by atoms with van der Waals surface area (Å²) >= 11 is 0. The minimum atomic E-state index is -0.0474. The van der Waals surface area contributed by atoms with Gasteiger partial charge in [-0.1, -0.05) is 0 Å². The zero-order valence-electron chi connectivity index (χ0n) is 8.50. The fraction of sp³-hybridized carbons (Fsp3) is 0.556. The summed E-state index contributed by atoms with van der Waals surface area (Å²) in [5.74, 6) is 0.519. The lowest BCUT2D eigenvalue weighted by molar-refractivity contribution is -0.116. The minimum Gasteiger partial charge on any atom is -0.328 e. The summed E-state index contributed by atoms with van der Waals surface area (Å²) < 4.78 is 0. The average molecular weight is 196 g/mol. The molecule has 0 radical (unpaired) electrons. The molecule has 0 saturated heterocycles. The largest absolute Gasteiger partial charge is 0.328 e. The molecule has 0 aliphatic rings. The lowest BCUT2D eigenvalue weighted by atomic mass is 10.2. The zero-order chi connectivity index (χ0) is 10.6. The molecule has 1 rings (SSSR count). The van der Waals surface area contributed by atoms with Crippen LogP contribution in [-0.2, 0) is 4.79 Å². The lowest BCUT2D eigenvalue weighted by Crippen LogP contribution is -2.19. The summed E-state index contributed by atoms with van der Waals surface area (Å²) in [6.45, 7) is 3.76. The molecule has 0 aliphatic carbocycles. The minimum absolute atomic E-state index is 0.0474. The van der Waals surface area contributed by atoms with Crippen molar-refractivity contribution in [3.63, 3.8) is 0 Å². The van der Waals surface area contributed by atoms with Gasteiger partial charge in [0.2, 0.25) is 5.91 Å². The fourth-order valence-corrected chi connectivity index (χ4v) is 1.05. The Balaban J connectivity index is 2.34. The smallest absolute Gasteiger partial charge is 0.225 e. The summed E-state index contributed by atoms with van der Waals surface area (Å²) in [4.78, 5) is 11.3. The molecule has 1 atom stereocenters. The topological polar surface area (TPSA) is 83.8 Å². The van der Waals surface area contributed by atoms with Crippen molar-refractivity contribution in [2.75, 3.05) is 5.32 Å². The third-order valence-electron chi connectivity index (χ3n) is 1.80. The van der Waals surface area contributed by atoms with E-state index in [-0.39, 0.29) is 11.9 Å². The van der Waals surface area contributed by atoms with E-state index in [4.69, 9.17) is 5.73 Å². The number of aryl methyl sites for hydroxylation is 1. The molecular weight excluding hydrogens is 180 g/mol. The molecular formula is C9H16N4O. The van der Waals surface area contributed by atoms with Gasteiger partial charge in [0.1, 0.15) is 0 Å². The van der Waals surface area contributed by atoms with Crippen LogP contribution in [0.1, 0.15) is 25.5 Å². The highest BCUT2D eigenvalue weighted by atomic mass is 16.1. The highest BCUT2D eigenvalue weighted by Gasteiger charge is 2.05. The molecule has 0 aliphatic heterocycles. The van der Waals surface area contributed by atoms with Crippen LogP contribution in [0.2, 0.25) is 0 Å². The molecule has 0 bridgehead atoms. The Bertz CT molecular complexity index is 306. The predicted octanol–water partition coefficient (Wildman–Crippen LogP) is 0.784. The molecule has 0 spiro atoms. The number of H-pyrrole nitrogens is 1. The maximum atomic E-state index is 11.3. The van der Waals surface area contributed by atoms with Gasteiger partial charge in [-0.25, -0.2) is 0 Å². The van der Waals surface area contributed by atoms with Crippen molar-refractivity contribution >= 4 is 11.7 Å². The monoisotopic (exact) mass is 196 g/mol. The third kappa shape index (κ3) is 3.57. The van der Waals surface area contributed by atoms with E-state index < -0.39 is 0 Å². The number of aromatic amines is 1. The molecule has 5 nitrogen and oxygen atoms in total. The molecule has 0 aromatic carbocycles. The van der Waals surface area contributed by atoms with Gasteiger partial charge in [0.25, 0.3) is 0 Å². The second-order valence-electron chi connectivity index (χ2n) is 3.50. The average Bonchev–Trinajstić information content (AvgIpc) is 2.48. The van der Waals surface area contributed by atoms with Crippen molar-refractivity contribution in [1.82, 2.24) is 10.2 Å². The molecule has 1 unspecified atom stereocenters. The SMILES string of the molecule is Cc1cc(NC(=O)CCC(C)N)n[nH]1. The normalized spacial score (nSPS) is 12.5. The van der Waals surface area contributed by atoms with Crippen molar-refractivity contribution in [3.05, 3.63) is 11.8 Å². The van der Waals surface area contributed by atoms with E-state index in [1.165, 1.54) is 0 Å². The molecule has 78 valence electrons. The second-order valence-corrected chi connectivity index (χ2v) is 3.50. The molecule has 0 fully saturated rings. The number of nitrogens with one attached hydrogen (secondary N) is 2. The summed E-state index contributed by atoms with van der Waals surface area (Å²) in [6.07, 6.45) is 1.12. The summed E-state index contributed by atoms with van der Waals surface area (Å²) in [5.41, 5.74) is 6.46. The van der Waals surface area contributed by atoms with E-state index in [1.807, 2.05) is 13.8 Å². The van der Waals surface area contributed by atoms with Crippen molar-refractivity contribution in [3.8, 4) is 0 Å². The number of nitrogens with two attached hydrogens (primary N) is 1. The van der Waals surface area contributed by atoms with E-state index in [9.17, 15) is 4.79 Å². The molecule has 5 heteroatoms. The number of hydrogen-bond donors (Lipinski definition) is 3. The molecule has 1 aromatic heterocycles. The summed E-state index contributed by atoms with van der Waals surface area (Å²) in [6, 6.07) is 1.84. The first-order valence-electron chi connectivity index (χ1n) is 4.65. The molecule has 1 amide bonds. The van der Waals surface area contributed by atoms with Crippen molar-refractivity contribution in [1.29, 1.82) is 0 Å². The Morgan fingerprint density at radius 3 is 3.00 bits per heavy atom. The van der Waals surface area contributed by atoms with E-state index in [0.717, 1.165) is 5.69 Å². The molecule has 4 N–H and O–H groups in total. The van der Waals surface area contributed by atoms with Gasteiger partial charge in [-0.05, 0) is 20.3 Å². The van der Waals surface area contributed by atoms with Gasteiger partial charge in [0.05, 0.1) is 0 Å². The number of carbonyl (C=O) groups is 1. The van der Waals surface area contributed by atoms with Crippen LogP contribution in [0.4, 0.5) is 5.82 Å². The first-order chi connectivity index (χ1) is 6.58. The van der Waals surface area contributed by atoms with Crippen LogP contribution in [0.15, 0.2) is 6.07 Å². The van der Waals surface area contributed by atoms with Crippen molar-refractivity contribution in [2.45, 2.75) is 32.7 Å². The lowest BCUT2D eigenvalue weighted by Gasteiger charge is -2.03. The number of anilines is 1. The predicted molar refractivity (Wildman–Crippen MR) is 54.8 cm³/mol. The Kier molecular flexibility index (Phi) is 3.64. The van der Waals surface area contributed by atoms with Crippen molar-refractivity contribution < 1.29 is 4.79 Å². The van der Waals surface area contributed by atoms with Crippen LogP contribution in [0.3, 0.4) is 0 Å². The zero-order valence-corrected chi connectivity index (χ0v) is 8.50. The van der Waals surface area contributed by atoms with Gasteiger partial charge in [0.15, 0.2) is 5.82 Å². The maximum absolute atomic E-state index is 11.3. The van der Waals surface area contributed by atoms with Gasteiger partial charge >= 0.3 is 0 Å². The van der Waals surface area contributed by atoms with Crippen LogP contribution in [-0.4, -0.2) is 22.1 Å². The fourth-order valence-electron chi connectivity index (χ4n) is 1.05. The van der Waals surface area contributed by atoms with Crippen LogP contribution in [0, 0.1) is 6.92 Å². The van der Waals surface area contributed by atoms with Gasteiger partial charge < -0.3 is 11.1 Å². The van der Waals surface area contributed by atoms with Crippen LogP contribution in [0.25, 0.3) is 0 Å². The van der Waals surface area contributed by atoms with Gasteiger partial charge in [-0.15, -0.1) is 0 Å². The number of nitrogens with zero attached hydrogens (tertiary/aromatic N) is 1. The quantitative estimate of drug-likeness (QED) is 0.665. The maximum Gasteiger partial charge on any atom is 0.225 e. The van der Waals surface area contributed by atoms with Crippen LogP contribution in [0.5, 0.6) is 0 Å². The Morgan fingerprint density at radius 2 is 2.50 bits per heavy atom. The first kappa shape index (κ1) is 10.7. The third-order valence-corrected chi connectivity index (χ3v) is 1.80. The van der Waals surface area contributed by atoms with E-state index >= 15 is 0 Å². The molecule has 14 heavy (non-hydrogen) atoms. The molecule has 0 saturated carbocycles. The van der Waals surface area contributed by atoms with E-state index in [1.54, 1.807) is 6.07 Å². The Morgan fingerprint density at radius 1 is 1.79 bits per heavy atom. The Labute approximate surface area is 83.1 Å². The van der Waals surface area contributed by atoms with Crippen molar-refractivity contribution in [2.24, 2.45) is 5.73 Å². The number of aromatic nitrogens is 2. The molecule has 1 aromatic rings. The first-order valence-corrected chi connectivity index (χ1v) is 4.65. The Hall–Kier alpha value is -1.36.